The van der Waals surface area contributed by atoms with Gasteiger partial charge in [-0.3, -0.25) is 0 Å². The summed E-state index contributed by atoms with van der Waals surface area (Å²) in [5.74, 6) is -0.226. The van der Waals surface area contributed by atoms with E-state index in [4.69, 9.17) is 14.2 Å². The van der Waals surface area contributed by atoms with Gasteiger partial charge in [-0.15, -0.1) is 5.10 Å². The number of hydrogen-bond acceptors (Lipinski definition) is 9. The smallest absolute Gasteiger partial charge is 0.343 e. The second kappa shape index (κ2) is 8.62. The normalized spacial score (nSPS) is 10.2. The number of ether oxygens (including phenoxy) is 4. The summed E-state index contributed by atoms with van der Waals surface area (Å²) < 4.78 is 21.9. The van der Waals surface area contributed by atoms with Crippen LogP contribution in [0.2, 0.25) is 0 Å². The Kier molecular flexibility index (Phi) is 5.80. The Bertz CT molecular complexity index is 957. The molecular formula is C18H16N4O6. The molecule has 3 aromatic rings. The topological polar surface area (TPSA) is 115 Å². The first kappa shape index (κ1) is 18.8. The lowest BCUT2D eigenvalue weighted by Crippen LogP contribution is -2.14. The zero-order valence-corrected chi connectivity index (χ0v) is 15.1. The maximum absolute atomic E-state index is 12.4. The minimum absolute atomic E-state index is 0.219. The van der Waals surface area contributed by atoms with Crippen LogP contribution in [0.1, 0.15) is 10.4 Å². The summed E-state index contributed by atoms with van der Waals surface area (Å²) in [6.07, 6.45) is 1.45. The van der Waals surface area contributed by atoms with Gasteiger partial charge in [0.2, 0.25) is 0 Å². The third-order valence-electron chi connectivity index (χ3n) is 3.63. The van der Waals surface area contributed by atoms with Crippen molar-refractivity contribution in [2.24, 2.45) is 0 Å². The van der Waals surface area contributed by atoms with E-state index < -0.39 is 11.9 Å². The Balaban J connectivity index is 1.72. The maximum atomic E-state index is 12.4. The molecule has 0 spiro atoms. The average molecular weight is 384 g/mol. The van der Waals surface area contributed by atoms with Crippen molar-refractivity contribution in [3.8, 4) is 22.9 Å². The SMILES string of the molecule is COC(=O)COc1cc(C(=O)Oc2ccc(-n3cnnn3)cc2)ccc1OC. The molecule has 0 aliphatic rings. The zero-order chi connectivity index (χ0) is 19.9. The maximum Gasteiger partial charge on any atom is 0.343 e. The molecule has 28 heavy (non-hydrogen) atoms. The van der Waals surface area contributed by atoms with Gasteiger partial charge in [0.05, 0.1) is 25.5 Å². The van der Waals surface area contributed by atoms with Gasteiger partial charge < -0.3 is 18.9 Å². The van der Waals surface area contributed by atoms with Gasteiger partial charge in [0.1, 0.15) is 12.1 Å². The molecule has 0 aliphatic carbocycles. The predicted molar refractivity (Wildman–Crippen MR) is 94.6 cm³/mol. The number of carbonyl (C=O) groups is 2. The molecule has 2 aromatic carbocycles. The van der Waals surface area contributed by atoms with Gasteiger partial charge in [0.25, 0.3) is 0 Å². The van der Waals surface area contributed by atoms with E-state index in [1.807, 2.05) is 0 Å². The lowest BCUT2D eigenvalue weighted by Gasteiger charge is -2.11. The molecule has 1 heterocycles. The third kappa shape index (κ3) is 4.41. The minimum atomic E-state index is -0.597. The van der Waals surface area contributed by atoms with E-state index in [1.165, 1.54) is 37.4 Å². The van der Waals surface area contributed by atoms with Crippen molar-refractivity contribution in [3.05, 3.63) is 54.4 Å². The monoisotopic (exact) mass is 384 g/mol. The number of rotatable bonds is 7. The van der Waals surface area contributed by atoms with Crippen molar-refractivity contribution >= 4 is 11.9 Å². The van der Waals surface area contributed by atoms with Crippen molar-refractivity contribution in [1.29, 1.82) is 0 Å². The van der Waals surface area contributed by atoms with Crippen molar-refractivity contribution in [1.82, 2.24) is 20.2 Å². The van der Waals surface area contributed by atoms with Crippen LogP contribution in [0.4, 0.5) is 0 Å². The Hall–Kier alpha value is -3.95. The lowest BCUT2D eigenvalue weighted by molar-refractivity contribution is -0.142. The predicted octanol–water partition coefficient (Wildman–Crippen LogP) is 1.44. The molecule has 0 amide bonds. The van der Waals surface area contributed by atoms with Crippen LogP contribution in [0.25, 0.3) is 5.69 Å². The molecule has 10 nitrogen and oxygen atoms in total. The van der Waals surface area contributed by atoms with Gasteiger partial charge in [0.15, 0.2) is 18.1 Å². The highest BCUT2D eigenvalue weighted by Gasteiger charge is 2.15. The molecule has 0 bridgehead atoms. The molecule has 0 saturated carbocycles. The van der Waals surface area contributed by atoms with Crippen LogP contribution in [-0.2, 0) is 9.53 Å². The summed E-state index contributed by atoms with van der Waals surface area (Å²) in [6, 6.07) is 11.2. The van der Waals surface area contributed by atoms with Gasteiger partial charge in [-0.2, -0.15) is 0 Å². The van der Waals surface area contributed by atoms with Crippen LogP contribution in [0.15, 0.2) is 48.8 Å². The van der Waals surface area contributed by atoms with E-state index >= 15 is 0 Å². The number of tetrazole rings is 1. The molecule has 10 heteroatoms. The highest BCUT2D eigenvalue weighted by atomic mass is 16.6. The van der Waals surface area contributed by atoms with E-state index in [1.54, 1.807) is 30.3 Å². The van der Waals surface area contributed by atoms with E-state index in [2.05, 4.69) is 20.3 Å². The summed E-state index contributed by atoms with van der Waals surface area (Å²) in [6.45, 7) is -0.316. The van der Waals surface area contributed by atoms with Crippen LogP contribution in [0, 0.1) is 0 Å². The molecule has 0 aliphatic heterocycles. The summed E-state index contributed by atoms with van der Waals surface area (Å²) in [7, 11) is 2.70. The van der Waals surface area contributed by atoms with Crippen molar-refractivity contribution in [3.63, 3.8) is 0 Å². The molecule has 0 radical (unpaired) electrons. The minimum Gasteiger partial charge on any atom is -0.493 e. The van der Waals surface area contributed by atoms with Crippen LogP contribution in [0.5, 0.6) is 17.2 Å². The Labute approximate surface area is 159 Å². The van der Waals surface area contributed by atoms with E-state index in [9.17, 15) is 9.59 Å². The third-order valence-corrected chi connectivity index (χ3v) is 3.63. The van der Waals surface area contributed by atoms with Gasteiger partial charge in [-0.05, 0) is 52.9 Å². The fourth-order valence-corrected chi connectivity index (χ4v) is 2.22. The Morgan fingerprint density at radius 3 is 2.46 bits per heavy atom. The summed E-state index contributed by atoms with van der Waals surface area (Å²) in [4.78, 5) is 23.7. The molecule has 0 fully saturated rings. The zero-order valence-electron chi connectivity index (χ0n) is 15.1. The molecule has 0 saturated heterocycles. The molecule has 0 unspecified atom stereocenters. The van der Waals surface area contributed by atoms with Gasteiger partial charge in [-0.25, -0.2) is 14.3 Å². The van der Waals surface area contributed by atoms with Gasteiger partial charge in [0, 0.05) is 0 Å². The summed E-state index contributed by atoms with van der Waals surface area (Å²) >= 11 is 0. The van der Waals surface area contributed by atoms with Gasteiger partial charge in [-0.1, -0.05) is 0 Å². The Morgan fingerprint density at radius 1 is 1.04 bits per heavy atom. The van der Waals surface area contributed by atoms with Crippen molar-refractivity contribution in [2.75, 3.05) is 20.8 Å². The first-order chi connectivity index (χ1) is 13.6. The molecule has 144 valence electrons. The van der Waals surface area contributed by atoms with Crippen molar-refractivity contribution in [2.45, 2.75) is 0 Å². The number of aromatic nitrogens is 4. The number of esters is 2. The van der Waals surface area contributed by atoms with Crippen molar-refractivity contribution < 1.29 is 28.5 Å². The van der Waals surface area contributed by atoms with Crippen LogP contribution < -0.4 is 14.2 Å². The highest BCUT2D eigenvalue weighted by Crippen LogP contribution is 2.28. The number of hydrogen-bond donors (Lipinski definition) is 0. The lowest BCUT2D eigenvalue weighted by atomic mass is 10.2. The number of methoxy groups -OCH3 is 2. The van der Waals surface area contributed by atoms with E-state index in [0.29, 0.717) is 17.2 Å². The second-order valence-corrected chi connectivity index (χ2v) is 5.37. The molecule has 3 rings (SSSR count). The van der Waals surface area contributed by atoms with Crippen LogP contribution in [0.3, 0.4) is 0 Å². The molecular weight excluding hydrogens is 368 g/mol. The van der Waals surface area contributed by atoms with Gasteiger partial charge >= 0.3 is 11.9 Å². The van der Waals surface area contributed by atoms with E-state index in [0.717, 1.165) is 0 Å². The van der Waals surface area contributed by atoms with Crippen LogP contribution >= 0.6 is 0 Å². The second-order valence-electron chi connectivity index (χ2n) is 5.37. The molecule has 0 atom stereocenters. The number of benzene rings is 2. The largest absolute Gasteiger partial charge is 0.493 e. The number of carbonyl (C=O) groups excluding carboxylic acids is 2. The van der Waals surface area contributed by atoms with E-state index in [-0.39, 0.29) is 17.9 Å². The summed E-state index contributed by atoms with van der Waals surface area (Å²) in [5, 5.41) is 10.9. The van der Waals surface area contributed by atoms with Crippen LogP contribution in [-0.4, -0.2) is 53.0 Å². The first-order valence-corrected chi connectivity index (χ1v) is 8.04. The fourth-order valence-electron chi connectivity index (χ4n) is 2.22. The fraction of sp³-hybridized carbons (Fsp3) is 0.167. The standard InChI is InChI=1S/C18H16N4O6/c1-25-15-8-3-12(9-16(15)27-10-17(23)26-2)18(24)28-14-6-4-13(5-7-14)22-11-19-20-21-22/h3-9,11H,10H2,1-2H3. The molecule has 1 aromatic heterocycles. The Morgan fingerprint density at radius 2 is 1.82 bits per heavy atom. The molecule has 0 N–H and O–H groups in total. The first-order valence-electron chi connectivity index (χ1n) is 8.04. The average Bonchev–Trinajstić information content (AvgIpc) is 3.27. The highest BCUT2D eigenvalue weighted by molar-refractivity contribution is 5.92. The number of nitrogens with zero attached hydrogens (tertiary/aromatic N) is 4. The summed E-state index contributed by atoms with van der Waals surface area (Å²) in [5.41, 5.74) is 0.943. The quantitative estimate of drug-likeness (QED) is 0.441.